The van der Waals surface area contributed by atoms with E-state index in [4.69, 9.17) is 0 Å². The average molecular weight is 233 g/mol. The van der Waals surface area contributed by atoms with Gasteiger partial charge in [0.25, 0.3) is 0 Å². The molecule has 0 heterocycles. The summed E-state index contributed by atoms with van der Waals surface area (Å²) in [6.07, 6.45) is 2.40. The van der Waals surface area contributed by atoms with Crippen LogP contribution >= 0.6 is 0 Å². The molecule has 1 aromatic rings. The van der Waals surface area contributed by atoms with Crippen LogP contribution in [0.15, 0.2) is 18.2 Å². The molecule has 1 heteroatoms. The molecule has 0 fully saturated rings. The number of anilines is 1. The Balaban J connectivity index is 3.17. The highest BCUT2D eigenvalue weighted by atomic mass is 15.1. The van der Waals surface area contributed by atoms with Gasteiger partial charge in [-0.05, 0) is 41.9 Å². The first-order valence-corrected chi connectivity index (χ1v) is 6.82. The molecule has 0 saturated heterocycles. The van der Waals surface area contributed by atoms with Gasteiger partial charge >= 0.3 is 0 Å². The van der Waals surface area contributed by atoms with E-state index in [0.717, 1.165) is 0 Å². The van der Waals surface area contributed by atoms with Crippen molar-refractivity contribution in [3.63, 3.8) is 0 Å². The molecule has 0 saturated carbocycles. The van der Waals surface area contributed by atoms with Gasteiger partial charge in [0.15, 0.2) is 0 Å². The normalized spacial score (nSPS) is 14.5. The predicted octanol–water partition coefficient (Wildman–Crippen LogP) is 4.78. The van der Waals surface area contributed by atoms with Crippen molar-refractivity contribution in [2.75, 3.05) is 19.0 Å². The van der Waals surface area contributed by atoms with Gasteiger partial charge in [0.2, 0.25) is 0 Å². The topological polar surface area (TPSA) is 3.24 Å². The van der Waals surface area contributed by atoms with Crippen LogP contribution in [0.2, 0.25) is 0 Å². The summed E-state index contributed by atoms with van der Waals surface area (Å²) in [6.45, 7) is 9.12. The Labute approximate surface area is 107 Å². The van der Waals surface area contributed by atoms with Crippen LogP contribution in [0.3, 0.4) is 0 Å². The SMILES string of the molecule is CCC(C)c1ccc(C(C)CC)c(N(C)C)c1. The van der Waals surface area contributed by atoms with Gasteiger partial charge in [-0.1, -0.05) is 39.8 Å². The maximum absolute atomic E-state index is 2.37. The van der Waals surface area contributed by atoms with Gasteiger partial charge in [-0.2, -0.15) is 0 Å². The molecule has 0 N–H and O–H groups in total. The summed E-state index contributed by atoms with van der Waals surface area (Å²) in [7, 11) is 4.28. The first-order chi connectivity index (χ1) is 8.01. The quantitative estimate of drug-likeness (QED) is 0.707. The third-order valence-corrected chi connectivity index (χ3v) is 3.86. The lowest BCUT2D eigenvalue weighted by Gasteiger charge is -2.23. The Kier molecular flexibility index (Phi) is 5.04. The van der Waals surface area contributed by atoms with Crippen LogP contribution in [0.1, 0.15) is 63.5 Å². The Hall–Kier alpha value is -0.980. The summed E-state index contributed by atoms with van der Waals surface area (Å²) in [4.78, 5) is 2.24. The molecular weight excluding hydrogens is 206 g/mol. The number of benzene rings is 1. The Morgan fingerprint density at radius 3 is 2.06 bits per heavy atom. The Bertz CT molecular complexity index is 355. The zero-order valence-electron chi connectivity index (χ0n) is 12.2. The zero-order chi connectivity index (χ0) is 13.0. The molecule has 2 unspecified atom stereocenters. The van der Waals surface area contributed by atoms with Gasteiger partial charge in [-0.25, -0.2) is 0 Å². The van der Waals surface area contributed by atoms with Crippen molar-refractivity contribution in [2.45, 2.75) is 52.4 Å². The molecule has 0 bridgehead atoms. The van der Waals surface area contributed by atoms with Crippen LogP contribution in [-0.2, 0) is 0 Å². The monoisotopic (exact) mass is 233 g/mol. The number of rotatable bonds is 5. The molecule has 0 aliphatic rings. The largest absolute Gasteiger partial charge is 0.377 e. The summed E-state index contributed by atoms with van der Waals surface area (Å²) in [5, 5.41) is 0. The number of hydrogen-bond acceptors (Lipinski definition) is 1. The van der Waals surface area contributed by atoms with E-state index >= 15 is 0 Å². The van der Waals surface area contributed by atoms with Crippen LogP contribution < -0.4 is 4.90 Å². The first kappa shape index (κ1) is 14.1. The van der Waals surface area contributed by atoms with Crippen molar-refractivity contribution in [3.8, 4) is 0 Å². The lowest BCUT2D eigenvalue weighted by Crippen LogP contribution is -2.13. The summed E-state index contributed by atoms with van der Waals surface area (Å²) in [6, 6.07) is 7.00. The van der Waals surface area contributed by atoms with Crippen molar-refractivity contribution in [2.24, 2.45) is 0 Å². The second-order valence-electron chi connectivity index (χ2n) is 5.33. The summed E-state index contributed by atoms with van der Waals surface area (Å²) in [5.41, 5.74) is 4.32. The highest BCUT2D eigenvalue weighted by Crippen LogP contribution is 2.32. The minimum atomic E-state index is 0.637. The minimum Gasteiger partial charge on any atom is -0.377 e. The molecule has 1 aromatic carbocycles. The van der Waals surface area contributed by atoms with Gasteiger partial charge in [-0.15, -0.1) is 0 Å². The summed E-state index contributed by atoms with van der Waals surface area (Å²) >= 11 is 0. The summed E-state index contributed by atoms with van der Waals surface area (Å²) < 4.78 is 0. The minimum absolute atomic E-state index is 0.637. The smallest absolute Gasteiger partial charge is 0.0399 e. The molecule has 0 amide bonds. The van der Waals surface area contributed by atoms with E-state index in [1.165, 1.54) is 29.7 Å². The maximum atomic E-state index is 2.37. The molecule has 0 radical (unpaired) electrons. The molecule has 1 nitrogen and oxygen atoms in total. The molecule has 0 aliphatic heterocycles. The standard InChI is InChI=1S/C16H27N/c1-7-12(3)14-9-10-15(13(4)8-2)16(11-14)17(5)6/h9-13H,7-8H2,1-6H3. The third kappa shape index (κ3) is 3.24. The number of hydrogen-bond donors (Lipinski definition) is 0. The van der Waals surface area contributed by atoms with Gasteiger partial charge in [0, 0.05) is 19.8 Å². The van der Waals surface area contributed by atoms with E-state index in [2.05, 4.69) is 64.9 Å². The fourth-order valence-corrected chi connectivity index (χ4v) is 2.13. The van der Waals surface area contributed by atoms with Crippen molar-refractivity contribution in [1.29, 1.82) is 0 Å². The van der Waals surface area contributed by atoms with Gasteiger partial charge in [-0.3, -0.25) is 0 Å². The number of nitrogens with zero attached hydrogens (tertiary/aromatic N) is 1. The molecule has 96 valence electrons. The summed E-state index contributed by atoms with van der Waals surface area (Å²) in [5.74, 6) is 1.29. The van der Waals surface area contributed by atoms with Gasteiger partial charge in [0.1, 0.15) is 0 Å². The van der Waals surface area contributed by atoms with Crippen LogP contribution in [0.25, 0.3) is 0 Å². The molecule has 17 heavy (non-hydrogen) atoms. The van der Waals surface area contributed by atoms with Crippen LogP contribution in [0, 0.1) is 0 Å². The second kappa shape index (κ2) is 6.09. The first-order valence-electron chi connectivity index (χ1n) is 6.82. The van der Waals surface area contributed by atoms with Crippen molar-refractivity contribution < 1.29 is 0 Å². The van der Waals surface area contributed by atoms with Gasteiger partial charge in [0.05, 0.1) is 0 Å². The Morgan fingerprint density at radius 1 is 1.00 bits per heavy atom. The second-order valence-corrected chi connectivity index (χ2v) is 5.33. The van der Waals surface area contributed by atoms with Crippen molar-refractivity contribution in [3.05, 3.63) is 29.3 Å². The Morgan fingerprint density at radius 2 is 1.59 bits per heavy atom. The van der Waals surface area contributed by atoms with Crippen molar-refractivity contribution in [1.82, 2.24) is 0 Å². The molecular formula is C16H27N. The van der Waals surface area contributed by atoms with Crippen LogP contribution in [0.5, 0.6) is 0 Å². The lowest BCUT2D eigenvalue weighted by molar-refractivity contribution is 0.718. The molecule has 2 atom stereocenters. The third-order valence-electron chi connectivity index (χ3n) is 3.86. The van der Waals surface area contributed by atoms with E-state index in [-0.39, 0.29) is 0 Å². The molecule has 0 aliphatic carbocycles. The van der Waals surface area contributed by atoms with Crippen LogP contribution in [0.4, 0.5) is 5.69 Å². The van der Waals surface area contributed by atoms with Crippen molar-refractivity contribution >= 4 is 5.69 Å². The highest BCUT2D eigenvalue weighted by Gasteiger charge is 2.13. The average Bonchev–Trinajstić information content (AvgIpc) is 2.35. The predicted molar refractivity (Wildman–Crippen MR) is 78.2 cm³/mol. The molecule has 1 rings (SSSR count). The highest BCUT2D eigenvalue weighted by molar-refractivity contribution is 5.56. The fourth-order valence-electron chi connectivity index (χ4n) is 2.13. The lowest BCUT2D eigenvalue weighted by atomic mass is 9.91. The van der Waals surface area contributed by atoms with Crippen LogP contribution in [-0.4, -0.2) is 14.1 Å². The van der Waals surface area contributed by atoms with E-state index in [1.807, 2.05) is 0 Å². The van der Waals surface area contributed by atoms with E-state index in [9.17, 15) is 0 Å². The van der Waals surface area contributed by atoms with E-state index in [1.54, 1.807) is 0 Å². The maximum Gasteiger partial charge on any atom is 0.0399 e. The molecule has 0 spiro atoms. The van der Waals surface area contributed by atoms with E-state index < -0.39 is 0 Å². The van der Waals surface area contributed by atoms with E-state index in [0.29, 0.717) is 11.8 Å². The molecule has 0 aromatic heterocycles. The fraction of sp³-hybridized carbons (Fsp3) is 0.625. The zero-order valence-corrected chi connectivity index (χ0v) is 12.2. The van der Waals surface area contributed by atoms with Gasteiger partial charge < -0.3 is 4.90 Å².